The van der Waals surface area contributed by atoms with E-state index in [1.807, 2.05) is 5.32 Å². The van der Waals surface area contributed by atoms with Crippen molar-refractivity contribution in [2.24, 2.45) is 0 Å². The summed E-state index contributed by atoms with van der Waals surface area (Å²) in [7, 11) is 0. The predicted molar refractivity (Wildman–Crippen MR) is 75.1 cm³/mol. The number of hydrogen-bond donors (Lipinski definition) is 2. The lowest BCUT2D eigenvalue weighted by atomic mass is 10.3. The molecule has 2 amide bonds. The molecule has 0 saturated carbocycles. The van der Waals surface area contributed by atoms with Gasteiger partial charge in [0, 0.05) is 17.5 Å². The summed E-state index contributed by atoms with van der Waals surface area (Å²) in [6, 6.07) is 6.68. The molecule has 0 aliphatic carbocycles. The Morgan fingerprint density at radius 2 is 1.81 bits per heavy atom. The summed E-state index contributed by atoms with van der Waals surface area (Å²) >= 11 is 1.14. The van der Waals surface area contributed by atoms with Gasteiger partial charge in [-0.15, -0.1) is 11.8 Å². The number of rotatable bonds is 5. The quantitative estimate of drug-likeness (QED) is 0.820. The van der Waals surface area contributed by atoms with Gasteiger partial charge in [0.15, 0.2) is 0 Å². The number of alkyl halides is 3. The zero-order valence-electron chi connectivity index (χ0n) is 11.5. The number of benzene rings is 1. The fourth-order valence-corrected chi connectivity index (χ4v) is 2.30. The highest BCUT2D eigenvalue weighted by Gasteiger charge is 2.28. The topological polar surface area (TPSA) is 58.2 Å². The van der Waals surface area contributed by atoms with Crippen LogP contribution in [0.3, 0.4) is 0 Å². The number of amides is 2. The molecular formula is C13H15F3N2O2S. The van der Waals surface area contributed by atoms with E-state index in [1.165, 1.54) is 13.8 Å². The van der Waals surface area contributed by atoms with Crippen LogP contribution in [-0.4, -0.2) is 29.8 Å². The second kappa shape index (κ2) is 7.35. The highest BCUT2D eigenvalue weighted by Crippen LogP contribution is 2.25. The molecule has 0 radical (unpaired) electrons. The summed E-state index contributed by atoms with van der Waals surface area (Å²) in [5.41, 5.74) is 0.612. The summed E-state index contributed by atoms with van der Waals surface area (Å²) in [6.07, 6.45) is -4.42. The molecule has 0 aliphatic heterocycles. The molecule has 21 heavy (non-hydrogen) atoms. The van der Waals surface area contributed by atoms with E-state index in [2.05, 4.69) is 5.32 Å². The van der Waals surface area contributed by atoms with Crippen molar-refractivity contribution >= 4 is 29.3 Å². The number of carbonyl (C=O) groups is 2. The van der Waals surface area contributed by atoms with Crippen molar-refractivity contribution in [3.8, 4) is 0 Å². The fraction of sp³-hybridized carbons (Fsp3) is 0.385. The molecule has 1 rings (SSSR count). The van der Waals surface area contributed by atoms with Gasteiger partial charge >= 0.3 is 6.18 Å². The second-order valence-corrected chi connectivity index (χ2v) is 5.71. The molecule has 0 heterocycles. The Morgan fingerprint density at radius 3 is 2.29 bits per heavy atom. The average Bonchev–Trinajstić information content (AvgIpc) is 2.36. The molecule has 4 nitrogen and oxygen atoms in total. The minimum Gasteiger partial charge on any atom is -0.346 e. The van der Waals surface area contributed by atoms with Crippen LogP contribution in [0.15, 0.2) is 29.2 Å². The maximum Gasteiger partial charge on any atom is 0.405 e. The van der Waals surface area contributed by atoms with Gasteiger partial charge < -0.3 is 10.6 Å². The maximum absolute atomic E-state index is 12.0. The maximum atomic E-state index is 12.0. The minimum absolute atomic E-state index is 0.199. The first-order valence-corrected chi connectivity index (χ1v) is 6.94. The van der Waals surface area contributed by atoms with Crippen LogP contribution in [0.25, 0.3) is 0 Å². The number of halogens is 3. The normalized spacial score (nSPS) is 12.6. The highest BCUT2D eigenvalue weighted by atomic mass is 32.2. The highest BCUT2D eigenvalue weighted by molar-refractivity contribution is 8.00. The van der Waals surface area contributed by atoms with E-state index in [1.54, 1.807) is 24.3 Å². The molecule has 1 atom stereocenters. The first kappa shape index (κ1) is 17.4. The molecule has 0 bridgehead atoms. The van der Waals surface area contributed by atoms with Crippen molar-refractivity contribution in [1.82, 2.24) is 5.32 Å². The number of nitrogens with one attached hydrogen (secondary N) is 2. The molecule has 0 saturated heterocycles. The lowest BCUT2D eigenvalue weighted by Crippen LogP contribution is -2.37. The van der Waals surface area contributed by atoms with Gasteiger partial charge in [0.2, 0.25) is 11.8 Å². The molecule has 0 spiro atoms. The van der Waals surface area contributed by atoms with Crippen LogP contribution in [0.5, 0.6) is 0 Å². The minimum atomic E-state index is -4.42. The first-order valence-electron chi connectivity index (χ1n) is 6.06. The SMILES string of the molecule is CC(=O)Nc1ccc(SC(C)C(=O)NCC(F)(F)F)cc1. The van der Waals surface area contributed by atoms with Gasteiger partial charge in [-0.2, -0.15) is 13.2 Å². The third-order valence-corrected chi connectivity index (χ3v) is 3.43. The summed E-state index contributed by atoms with van der Waals surface area (Å²) in [6.45, 7) is 1.58. The standard InChI is InChI=1S/C13H15F3N2O2S/c1-8(12(20)17-7-13(14,15)16)21-11-5-3-10(4-6-11)18-9(2)19/h3-6,8H,7H2,1-2H3,(H,17,20)(H,18,19). The Morgan fingerprint density at radius 1 is 1.24 bits per heavy atom. The van der Waals surface area contributed by atoms with E-state index in [9.17, 15) is 22.8 Å². The Kier molecular flexibility index (Phi) is 6.07. The van der Waals surface area contributed by atoms with Gasteiger partial charge in [0.05, 0.1) is 5.25 Å². The summed E-state index contributed by atoms with van der Waals surface area (Å²) in [5, 5.41) is 3.78. The smallest absolute Gasteiger partial charge is 0.346 e. The molecule has 0 fully saturated rings. The largest absolute Gasteiger partial charge is 0.405 e. The fourth-order valence-electron chi connectivity index (χ4n) is 1.41. The van der Waals surface area contributed by atoms with Crippen molar-refractivity contribution in [2.75, 3.05) is 11.9 Å². The molecular weight excluding hydrogens is 305 g/mol. The third kappa shape index (κ3) is 7.03. The lowest BCUT2D eigenvalue weighted by molar-refractivity contribution is -0.137. The zero-order valence-corrected chi connectivity index (χ0v) is 12.3. The van der Waals surface area contributed by atoms with Crippen LogP contribution in [0.1, 0.15) is 13.8 Å². The Balaban J connectivity index is 2.52. The van der Waals surface area contributed by atoms with Gasteiger partial charge in [0.25, 0.3) is 0 Å². The molecule has 1 aromatic rings. The van der Waals surface area contributed by atoms with E-state index in [4.69, 9.17) is 0 Å². The summed E-state index contributed by atoms with van der Waals surface area (Å²) in [4.78, 5) is 23.1. The van der Waals surface area contributed by atoms with Crippen LogP contribution < -0.4 is 10.6 Å². The Hall–Kier alpha value is -1.70. The molecule has 8 heteroatoms. The molecule has 2 N–H and O–H groups in total. The van der Waals surface area contributed by atoms with Gasteiger partial charge in [-0.05, 0) is 31.2 Å². The van der Waals surface area contributed by atoms with Crippen LogP contribution in [0.4, 0.5) is 18.9 Å². The van der Waals surface area contributed by atoms with Gasteiger partial charge in [-0.25, -0.2) is 0 Å². The summed E-state index contributed by atoms with van der Waals surface area (Å²) < 4.78 is 36.0. The van der Waals surface area contributed by atoms with E-state index in [-0.39, 0.29) is 5.91 Å². The first-order chi connectivity index (χ1) is 9.67. The number of anilines is 1. The Labute approximate surface area is 124 Å². The zero-order chi connectivity index (χ0) is 16.0. The van der Waals surface area contributed by atoms with Crippen LogP contribution in [0.2, 0.25) is 0 Å². The number of carbonyl (C=O) groups excluding carboxylic acids is 2. The number of hydrogen-bond acceptors (Lipinski definition) is 3. The predicted octanol–water partition coefficient (Wildman–Crippen LogP) is 2.80. The lowest BCUT2D eigenvalue weighted by Gasteiger charge is -2.13. The molecule has 1 aromatic carbocycles. The van der Waals surface area contributed by atoms with Crippen molar-refractivity contribution in [3.05, 3.63) is 24.3 Å². The van der Waals surface area contributed by atoms with Gasteiger partial charge in [0.1, 0.15) is 6.54 Å². The van der Waals surface area contributed by atoms with Crippen molar-refractivity contribution in [1.29, 1.82) is 0 Å². The van der Waals surface area contributed by atoms with Crippen molar-refractivity contribution in [3.63, 3.8) is 0 Å². The van der Waals surface area contributed by atoms with Crippen molar-refractivity contribution < 1.29 is 22.8 Å². The van der Waals surface area contributed by atoms with E-state index >= 15 is 0 Å². The Bertz CT molecular complexity index is 503. The summed E-state index contributed by atoms with van der Waals surface area (Å²) in [5.74, 6) is -0.876. The van der Waals surface area contributed by atoms with Crippen molar-refractivity contribution in [2.45, 2.75) is 30.2 Å². The molecule has 0 aliphatic rings. The molecule has 1 unspecified atom stereocenters. The van der Waals surface area contributed by atoms with E-state index < -0.39 is 23.9 Å². The molecule has 0 aromatic heterocycles. The average molecular weight is 320 g/mol. The number of thioether (sulfide) groups is 1. The molecule has 116 valence electrons. The van der Waals surface area contributed by atoms with Gasteiger partial charge in [-0.1, -0.05) is 0 Å². The third-order valence-electron chi connectivity index (χ3n) is 2.32. The van der Waals surface area contributed by atoms with Gasteiger partial charge in [-0.3, -0.25) is 9.59 Å². The monoisotopic (exact) mass is 320 g/mol. The van der Waals surface area contributed by atoms with E-state index in [0.717, 1.165) is 16.7 Å². The van der Waals surface area contributed by atoms with E-state index in [0.29, 0.717) is 5.69 Å². The van der Waals surface area contributed by atoms with Crippen LogP contribution in [0, 0.1) is 0 Å². The van der Waals surface area contributed by atoms with Crippen LogP contribution in [-0.2, 0) is 9.59 Å². The van der Waals surface area contributed by atoms with Crippen LogP contribution >= 0.6 is 11.8 Å². The second-order valence-electron chi connectivity index (χ2n) is 4.30.